The van der Waals surface area contributed by atoms with E-state index in [1.807, 2.05) is 53.6 Å². The van der Waals surface area contributed by atoms with Gasteiger partial charge in [0.1, 0.15) is 11.9 Å². The van der Waals surface area contributed by atoms with Crippen molar-refractivity contribution in [3.8, 4) is 5.69 Å². The smallest absolute Gasteiger partial charge is 0.174 e. The Morgan fingerprint density at radius 2 is 1.81 bits per heavy atom. The molecule has 0 bridgehead atoms. The summed E-state index contributed by atoms with van der Waals surface area (Å²) in [5, 5.41) is 4.02. The summed E-state index contributed by atoms with van der Waals surface area (Å²) in [5.74, 6) is -0.236. The second kappa shape index (κ2) is 7.92. The van der Waals surface area contributed by atoms with Crippen molar-refractivity contribution in [2.45, 2.75) is 19.0 Å². The minimum Gasteiger partial charge on any atom is -0.351 e. The number of nitrogens with zero attached hydrogens (tertiary/aromatic N) is 4. The van der Waals surface area contributed by atoms with Crippen molar-refractivity contribution >= 4 is 23.0 Å². The SMILES string of the molecule is Cc1cc(N2C(=S)NC(c3ccccn3)C2c2cccn2-c2ccncc2)ccc1F. The van der Waals surface area contributed by atoms with E-state index in [9.17, 15) is 4.39 Å². The van der Waals surface area contributed by atoms with Gasteiger partial charge in [0.2, 0.25) is 0 Å². The summed E-state index contributed by atoms with van der Waals surface area (Å²) < 4.78 is 16.1. The molecule has 4 heterocycles. The fraction of sp³-hybridized carbons (Fsp3) is 0.125. The summed E-state index contributed by atoms with van der Waals surface area (Å²) in [6.07, 6.45) is 7.35. The van der Waals surface area contributed by atoms with Crippen LogP contribution in [-0.2, 0) is 0 Å². The highest BCUT2D eigenvalue weighted by molar-refractivity contribution is 7.80. The van der Waals surface area contributed by atoms with Crippen LogP contribution in [0.15, 0.2) is 85.5 Å². The van der Waals surface area contributed by atoms with Gasteiger partial charge in [0.15, 0.2) is 5.11 Å². The first kappa shape index (κ1) is 19.4. The first-order valence-corrected chi connectivity index (χ1v) is 10.4. The number of anilines is 1. The first-order valence-electron chi connectivity index (χ1n) is 9.98. The highest BCUT2D eigenvalue weighted by Crippen LogP contribution is 2.42. The number of thiocarbonyl (C=S) groups is 1. The molecule has 0 amide bonds. The number of aromatic nitrogens is 3. The lowest BCUT2D eigenvalue weighted by Gasteiger charge is -2.29. The summed E-state index contributed by atoms with van der Waals surface area (Å²) in [7, 11) is 0. The van der Waals surface area contributed by atoms with Gasteiger partial charge in [-0.1, -0.05) is 6.07 Å². The van der Waals surface area contributed by atoms with Gasteiger partial charge in [0.05, 0.1) is 11.7 Å². The molecule has 1 saturated heterocycles. The number of hydrogen-bond acceptors (Lipinski definition) is 3. The minimum absolute atomic E-state index is 0.172. The molecule has 3 aromatic heterocycles. The Labute approximate surface area is 185 Å². The zero-order valence-corrected chi connectivity index (χ0v) is 17.6. The lowest BCUT2D eigenvalue weighted by atomic mass is 10.0. The second-order valence-electron chi connectivity index (χ2n) is 7.44. The molecule has 0 spiro atoms. The third kappa shape index (κ3) is 3.47. The van der Waals surface area contributed by atoms with Crippen LogP contribution in [0.1, 0.15) is 29.0 Å². The molecule has 2 unspecified atom stereocenters. The molecule has 1 aromatic carbocycles. The largest absolute Gasteiger partial charge is 0.351 e. The van der Waals surface area contributed by atoms with E-state index in [1.165, 1.54) is 6.07 Å². The maximum absolute atomic E-state index is 14.0. The summed E-state index contributed by atoms with van der Waals surface area (Å²) in [5.41, 5.74) is 4.34. The van der Waals surface area contributed by atoms with E-state index in [0.717, 1.165) is 22.8 Å². The fourth-order valence-electron chi connectivity index (χ4n) is 4.09. The second-order valence-corrected chi connectivity index (χ2v) is 7.83. The summed E-state index contributed by atoms with van der Waals surface area (Å²) in [6.45, 7) is 1.76. The van der Waals surface area contributed by atoms with Crippen molar-refractivity contribution in [1.82, 2.24) is 19.9 Å². The molecular formula is C24H20FN5S. The van der Waals surface area contributed by atoms with Gasteiger partial charge < -0.3 is 14.8 Å². The highest BCUT2D eigenvalue weighted by Gasteiger charge is 2.42. The Hall–Kier alpha value is -3.58. The monoisotopic (exact) mass is 429 g/mol. The van der Waals surface area contributed by atoms with Crippen LogP contribution in [-0.4, -0.2) is 19.6 Å². The van der Waals surface area contributed by atoms with Crippen molar-refractivity contribution in [2.75, 3.05) is 4.90 Å². The number of rotatable bonds is 4. The van der Waals surface area contributed by atoms with E-state index in [4.69, 9.17) is 12.2 Å². The van der Waals surface area contributed by atoms with E-state index >= 15 is 0 Å². The quantitative estimate of drug-likeness (QED) is 0.468. The van der Waals surface area contributed by atoms with E-state index in [-0.39, 0.29) is 17.9 Å². The van der Waals surface area contributed by atoms with E-state index in [1.54, 1.807) is 31.6 Å². The molecule has 0 radical (unpaired) electrons. The summed E-state index contributed by atoms with van der Waals surface area (Å²) >= 11 is 5.76. The first-order chi connectivity index (χ1) is 15.1. The third-order valence-electron chi connectivity index (χ3n) is 5.54. The van der Waals surface area contributed by atoms with Gasteiger partial charge in [0.25, 0.3) is 0 Å². The number of pyridine rings is 2. The summed E-state index contributed by atoms with van der Waals surface area (Å²) in [6, 6.07) is 18.6. The molecule has 5 nitrogen and oxygen atoms in total. The standard InChI is InChI=1S/C24H20FN5S/c1-16-15-18(7-8-19(16)25)30-23(22(28-24(30)31)20-5-2-3-11-27-20)21-6-4-14-29(21)17-9-12-26-13-10-17/h2-15,22-23H,1H3,(H,28,31). The predicted molar refractivity (Wildman–Crippen MR) is 123 cm³/mol. The van der Waals surface area contributed by atoms with Crippen LogP contribution in [0.5, 0.6) is 0 Å². The Morgan fingerprint density at radius 3 is 2.55 bits per heavy atom. The van der Waals surface area contributed by atoms with Crippen molar-refractivity contribution in [1.29, 1.82) is 0 Å². The third-order valence-corrected chi connectivity index (χ3v) is 5.86. The van der Waals surface area contributed by atoms with Gasteiger partial charge in [-0.25, -0.2) is 4.39 Å². The molecule has 31 heavy (non-hydrogen) atoms. The van der Waals surface area contributed by atoms with E-state index in [2.05, 4.69) is 25.9 Å². The van der Waals surface area contributed by atoms with Gasteiger partial charge in [0, 0.05) is 41.9 Å². The molecule has 154 valence electrons. The highest BCUT2D eigenvalue weighted by atomic mass is 32.1. The average Bonchev–Trinajstić information content (AvgIpc) is 3.41. The van der Waals surface area contributed by atoms with Crippen LogP contribution >= 0.6 is 12.2 Å². The molecule has 5 rings (SSSR count). The molecule has 1 N–H and O–H groups in total. The van der Waals surface area contributed by atoms with E-state index < -0.39 is 0 Å². The van der Waals surface area contributed by atoms with E-state index in [0.29, 0.717) is 10.7 Å². The van der Waals surface area contributed by atoms with Crippen LogP contribution in [0.2, 0.25) is 0 Å². The number of benzene rings is 1. The molecule has 1 aliphatic heterocycles. The van der Waals surface area contributed by atoms with Crippen molar-refractivity contribution in [3.63, 3.8) is 0 Å². The van der Waals surface area contributed by atoms with Gasteiger partial charge in [-0.3, -0.25) is 9.97 Å². The molecule has 4 aromatic rings. The Bertz CT molecular complexity index is 1230. The normalized spacial score (nSPS) is 18.3. The zero-order valence-electron chi connectivity index (χ0n) is 16.8. The molecule has 0 saturated carbocycles. The van der Waals surface area contributed by atoms with Gasteiger partial charge in [-0.15, -0.1) is 0 Å². The minimum atomic E-state index is -0.236. The molecule has 2 atom stereocenters. The summed E-state index contributed by atoms with van der Waals surface area (Å²) in [4.78, 5) is 10.8. The predicted octanol–water partition coefficient (Wildman–Crippen LogP) is 4.89. The number of halogens is 1. The van der Waals surface area contributed by atoms with Gasteiger partial charge >= 0.3 is 0 Å². The molecule has 1 fully saturated rings. The Morgan fingerprint density at radius 1 is 0.968 bits per heavy atom. The van der Waals surface area contributed by atoms with Crippen molar-refractivity contribution in [3.05, 3.63) is 108 Å². The molecule has 0 aliphatic carbocycles. The van der Waals surface area contributed by atoms with Crippen LogP contribution in [0.25, 0.3) is 5.69 Å². The number of nitrogens with one attached hydrogen (secondary N) is 1. The number of aryl methyl sites for hydroxylation is 1. The average molecular weight is 430 g/mol. The Balaban J connectivity index is 1.68. The van der Waals surface area contributed by atoms with Crippen molar-refractivity contribution < 1.29 is 4.39 Å². The number of hydrogen-bond donors (Lipinski definition) is 1. The lowest BCUT2D eigenvalue weighted by Crippen LogP contribution is -2.30. The van der Waals surface area contributed by atoms with Gasteiger partial charge in [-0.2, -0.15) is 0 Å². The lowest BCUT2D eigenvalue weighted by molar-refractivity contribution is 0.549. The van der Waals surface area contributed by atoms with Gasteiger partial charge in [-0.05, 0) is 79.3 Å². The Kier molecular flexibility index (Phi) is 4.95. The molecular weight excluding hydrogens is 409 g/mol. The molecule has 7 heteroatoms. The fourth-order valence-corrected chi connectivity index (χ4v) is 4.43. The van der Waals surface area contributed by atoms with Crippen LogP contribution in [0.3, 0.4) is 0 Å². The topological polar surface area (TPSA) is 46.0 Å². The molecule has 1 aliphatic rings. The maximum atomic E-state index is 14.0. The maximum Gasteiger partial charge on any atom is 0.174 e. The van der Waals surface area contributed by atoms with Crippen molar-refractivity contribution in [2.24, 2.45) is 0 Å². The van der Waals surface area contributed by atoms with Crippen LogP contribution in [0, 0.1) is 12.7 Å². The van der Waals surface area contributed by atoms with Crippen LogP contribution in [0.4, 0.5) is 10.1 Å². The zero-order chi connectivity index (χ0) is 21.4. The van der Waals surface area contributed by atoms with Crippen LogP contribution < -0.4 is 10.2 Å².